The summed E-state index contributed by atoms with van der Waals surface area (Å²) in [5.74, 6) is 0. The SMILES string of the molecule is Br.CC[P+](C)(C)C.N. The summed E-state index contributed by atoms with van der Waals surface area (Å²) in [6, 6.07) is 0. The van der Waals surface area contributed by atoms with Gasteiger partial charge in [0, 0.05) is 27.3 Å². The molecule has 0 amide bonds. The molecule has 0 rings (SSSR count). The zero-order valence-electron chi connectivity index (χ0n) is 6.27. The van der Waals surface area contributed by atoms with E-state index in [1.165, 1.54) is 6.16 Å². The van der Waals surface area contributed by atoms with Crippen LogP contribution in [0.15, 0.2) is 0 Å². The molecule has 1 nitrogen and oxygen atoms in total. The van der Waals surface area contributed by atoms with Crippen molar-refractivity contribution in [3.8, 4) is 0 Å². The highest BCUT2D eigenvalue weighted by Crippen LogP contribution is 2.45. The van der Waals surface area contributed by atoms with E-state index in [1.54, 1.807) is 0 Å². The Morgan fingerprint density at radius 1 is 1.12 bits per heavy atom. The van der Waals surface area contributed by atoms with Crippen molar-refractivity contribution >= 4 is 24.2 Å². The maximum Gasteiger partial charge on any atom is 0.0558 e. The molecular weight excluding hydrogens is 185 g/mol. The van der Waals surface area contributed by atoms with Gasteiger partial charge in [0.15, 0.2) is 0 Å². The predicted molar refractivity (Wildman–Crippen MR) is 50.6 cm³/mol. The first-order chi connectivity index (χ1) is 2.56. The number of hydrogen-bond donors (Lipinski definition) is 1. The quantitative estimate of drug-likeness (QED) is 0.653. The Morgan fingerprint density at radius 2 is 1.25 bits per heavy atom. The van der Waals surface area contributed by atoms with Gasteiger partial charge in [0.25, 0.3) is 0 Å². The monoisotopic (exact) mass is 202 g/mol. The molecule has 3 heteroatoms. The normalized spacial score (nSPS) is 9.00. The van der Waals surface area contributed by atoms with Crippen molar-refractivity contribution in [2.24, 2.45) is 0 Å². The van der Waals surface area contributed by atoms with E-state index in [2.05, 4.69) is 26.9 Å². The standard InChI is InChI=1S/C5H14P.BrH.H3N/c1-5-6(2,3)4;;/h5H2,1-4H3;1H;1H3/q+1;;. The number of rotatable bonds is 1. The van der Waals surface area contributed by atoms with E-state index in [1.807, 2.05) is 0 Å². The third-order valence-corrected chi connectivity index (χ3v) is 2.85. The molecule has 0 aromatic rings. The fourth-order valence-corrected chi connectivity index (χ4v) is 0. The summed E-state index contributed by atoms with van der Waals surface area (Å²) in [7, 11) is -0.397. The Labute approximate surface area is 63.9 Å². The Hall–Kier alpha value is 0.870. The topological polar surface area (TPSA) is 35.0 Å². The highest BCUT2D eigenvalue weighted by Gasteiger charge is 2.10. The van der Waals surface area contributed by atoms with Crippen LogP contribution >= 0.6 is 24.2 Å². The number of halogens is 1. The van der Waals surface area contributed by atoms with Gasteiger partial charge in [0.1, 0.15) is 0 Å². The minimum absolute atomic E-state index is 0. The van der Waals surface area contributed by atoms with E-state index in [0.29, 0.717) is 0 Å². The summed E-state index contributed by atoms with van der Waals surface area (Å²) >= 11 is 0. The molecule has 0 fully saturated rings. The Bertz CT molecular complexity index is 42.2. The summed E-state index contributed by atoms with van der Waals surface area (Å²) in [6.07, 6.45) is 1.38. The van der Waals surface area contributed by atoms with Crippen molar-refractivity contribution in [3.05, 3.63) is 0 Å². The van der Waals surface area contributed by atoms with Gasteiger partial charge in [-0.05, 0) is 6.92 Å². The van der Waals surface area contributed by atoms with Crippen LogP contribution in [-0.4, -0.2) is 26.2 Å². The van der Waals surface area contributed by atoms with Gasteiger partial charge in [-0.2, -0.15) is 0 Å². The smallest absolute Gasteiger partial charge is 0.0558 e. The fraction of sp³-hybridized carbons (Fsp3) is 1.00. The molecule has 0 aromatic carbocycles. The molecule has 3 N–H and O–H groups in total. The van der Waals surface area contributed by atoms with E-state index < -0.39 is 7.26 Å². The van der Waals surface area contributed by atoms with Crippen molar-refractivity contribution in [2.45, 2.75) is 6.92 Å². The highest BCUT2D eigenvalue weighted by atomic mass is 79.9. The molecule has 0 unspecified atom stereocenters. The molecule has 8 heavy (non-hydrogen) atoms. The van der Waals surface area contributed by atoms with E-state index in [-0.39, 0.29) is 23.1 Å². The Balaban J connectivity index is -0.000000125. The second-order valence-corrected chi connectivity index (χ2v) is 7.82. The lowest BCUT2D eigenvalue weighted by atomic mass is 11.0. The van der Waals surface area contributed by atoms with Crippen LogP contribution in [0.4, 0.5) is 0 Å². The van der Waals surface area contributed by atoms with Gasteiger partial charge in [-0.3, -0.25) is 0 Å². The van der Waals surface area contributed by atoms with E-state index >= 15 is 0 Å². The minimum Gasteiger partial charge on any atom is -0.344 e. The molecule has 0 radical (unpaired) electrons. The van der Waals surface area contributed by atoms with Crippen LogP contribution in [0.25, 0.3) is 0 Å². The lowest BCUT2D eigenvalue weighted by molar-refractivity contribution is 1.47. The largest absolute Gasteiger partial charge is 0.344 e. The molecular formula is C5H18BrNP+. The Morgan fingerprint density at radius 3 is 1.25 bits per heavy atom. The molecule has 0 saturated carbocycles. The highest BCUT2D eigenvalue weighted by molar-refractivity contribution is 8.93. The first-order valence-corrected chi connectivity index (χ1v) is 5.68. The lowest BCUT2D eigenvalue weighted by Crippen LogP contribution is -1.84. The fourth-order valence-electron chi connectivity index (χ4n) is 0. The third kappa shape index (κ3) is 15.8. The molecule has 0 aromatic heterocycles. The number of hydrogen-bond acceptors (Lipinski definition) is 1. The van der Waals surface area contributed by atoms with E-state index in [4.69, 9.17) is 0 Å². The summed E-state index contributed by atoms with van der Waals surface area (Å²) in [6.45, 7) is 9.32. The molecule has 0 saturated heterocycles. The molecule has 0 aliphatic carbocycles. The average Bonchev–Trinajstić information content (AvgIpc) is 1.35. The van der Waals surface area contributed by atoms with E-state index in [0.717, 1.165) is 0 Å². The van der Waals surface area contributed by atoms with Crippen molar-refractivity contribution in [3.63, 3.8) is 0 Å². The summed E-state index contributed by atoms with van der Waals surface area (Å²) in [5, 5.41) is 0. The van der Waals surface area contributed by atoms with Crippen LogP contribution in [0.3, 0.4) is 0 Å². The molecule has 0 atom stereocenters. The van der Waals surface area contributed by atoms with Crippen LogP contribution in [0.2, 0.25) is 0 Å². The summed E-state index contributed by atoms with van der Waals surface area (Å²) in [5.41, 5.74) is 0. The van der Waals surface area contributed by atoms with Gasteiger partial charge in [-0.15, -0.1) is 17.0 Å². The van der Waals surface area contributed by atoms with Crippen molar-refractivity contribution in [2.75, 3.05) is 26.2 Å². The van der Waals surface area contributed by atoms with Gasteiger partial charge in [-0.1, -0.05) is 0 Å². The zero-order chi connectivity index (χ0) is 5.21. The second kappa shape index (κ2) is 6.00. The van der Waals surface area contributed by atoms with Gasteiger partial charge in [0.05, 0.1) is 6.16 Å². The van der Waals surface area contributed by atoms with Gasteiger partial charge >= 0.3 is 0 Å². The van der Waals surface area contributed by atoms with Gasteiger partial charge in [0.2, 0.25) is 0 Å². The van der Waals surface area contributed by atoms with Crippen LogP contribution in [0.5, 0.6) is 0 Å². The lowest BCUT2D eigenvalue weighted by Gasteiger charge is -2.05. The van der Waals surface area contributed by atoms with Crippen molar-refractivity contribution in [1.29, 1.82) is 0 Å². The second-order valence-electron chi connectivity index (χ2n) is 2.61. The Kier molecular flexibility index (Phi) is 12.0. The maximum absolute atomic E-state index is 2.35. The van der Waals surface area contributed by atoms with Crippen LogP contribution in [0.1, 0.15) is 6.92 Å². The van der Waals surface area contributed by atoms with Crippen molar-refractivity contribution in [1.82, 2.24) is 6.15 Å². The predicted octanol–water partition coefficient (Wildman–Crippen LogP) is 2.65. The summed E-state index contributed by atoms with van der Waals surface area (Å²) < 4.78 is 0. The molecule has 0 spiro atoms. The molecule has 0 heterocycles. The molecule has 54 valence electrons. The molecule has 0 aliphatic heterocycles. The molecule has 0 bridgehead atoms. The first-order valence-electron chi connectivity index (χ1n) is 2.36. The minimum atomic E-state index is -0.397. The third-order valence-electron chi connectivity index (χ3n) is 0.949. The zero-order valence-corrected chi connectivity index (χ0v) is 8.88. The van der Waals surface area contributed by atoms with E-state index in [9.17, 15) is 0 Å². The molecule has 0 aliphatic rings. The first kappa shape index (κ1) is 15.9. The average molecular weight is 203 g/mol. The van der Waals surface area contributed by atoms with Crippen LogP contribution in [-0.2, 0) is 0 Å². The van der Waals surface area contributed by atoms with Crippen molar-refractivity contribution < 1.29 is 0 Å². The maximum atomic E-state index is 2.35. The van der Waals surface area contributed by atoms with Gasteiger partial charge < -0.3 is 6.15 Å². The van der Waals surface area contributed by atoms with Gasteiger partial charge in [-0.25, -0.2) is 0 Å². The summed E-state index contributed by atoms with van der Waals surface area (Å²) in [4.78, 5) is 0. The van der Waals surface area contributed by atoms with Crippen LogP contribution in [0, 0.1) is 0 Å². The van der Waals surface area contributed by atoms with Crippen LogP contribution < -0.4 is 6.15 Å².